The van der Waals surface area contributed by atoms with Gasteiger partial charge in [-0.1, -0.05) is 4.49 Å². The Hall–Kier alpha value is -1.10. The van der Waals surface area contributed by atoms with Crippen LogP contribution in [0.1, 0.15) is 6.92 Å². The van der Waals surface area contributed by atoms with E-state index < -0.39 is 12.0 Å². The van der Waals surface area contributed by atoms with Gasteiger partial charge < -0.3 is 10.5 Å². The number of rotatable bonds is 5. The molecule has 0 bridgehead atoms. The number of β-lactam (4-membered cyclic amide) rings is 1. The highest BCUT2D eigenvalue weighted by molar-refractivity contribution is 8.01. The number of carbonyl (C=O) groups excluding carboxylic acids is 2. The number of nitrogens with two attached hydrogens (primary N) is 1. The lowest BCUT2D eigenvalue weighted by Crippen LogP contribution is -2.68. The molecule has 2 aliphatic heterocycles. The van der Waals surface area contributed by atoms with Crippen LogP contribution >= 0.6 is 35.1 Å². The smallest absolute Gasteiger partial charge is 0.355 e. The highest BCUT2D eigenvalue weighted by Crippen LogP contribution is 2.41. The van der Waals surface area contributed by atoms with Crippen LogP contribution in [0, 0.1) is 0 Å². The largest absolute Gasteiger partial charge is 0.461 e. The number of ether oxygens (including phenoxy) is 1. The van der Waals surface area contributed by atoms with Crippen LogP contribution in [-0.2, 0) is 14.3 Å². The summed E-state index contributed by atoms with van der Waals surface area (Å²) in [4.78, 5) is 25.8. The van der Waals surface area contributed by atoms with Crippen molar-refractivity contribution >= 4 is 46.9 Å². The number of hydrogen-bond acceptors (Lipinski definition) is 9. The quantitative estimate of drug-likeness (QED) is 0.466. The molecule has 7 nitrogen and oxygen atoms in total. The molecule has 1 amide bonds. The third-order valence-electron chi connectivity index (χ3n) is 3.29. The normalized spacial score (nSPS) is 24.1. The summed E-state index contributed by atoms with van der Waals surface area (Å²) in [5.74, 6) is 0.583. The van der Waals surface area contributed by atoms with Crippen LogP contribution in [-0.4, -0.2) is 55.9 Å². The van der Waals surface area contributed by atoms with Crippen LogP contribution in [0.3, 0.4) is 0 Å². The van der Waals surface area contributed by atoms with Crippen molar-refractivity contribution in [1.82, 2.24) is 14.5 Å². The van der Waals surface area contributed by atoms with E-state index in [9.17, 15) is 9.59 Å². The first kappa shape index (κ1) is 15.8. The van der Waals surface area contributed by atoms with E-state index in [4.69, 9.17) is 10.5 Å². The Morgan fingerprint density at radius 1 is 1.64 bits per heavy atom. The van der Waals surface area contributed by atoms with Gasteiger partial charge in [0.2, 0.25) is 5.91 Å². The van der Waals surface area contributed by atoms with Crippen molar-refractivity contribution in [2.24, 2.45) is 5.73 Å². The number of amides is 1. The summed E-state index contributed by atoms with van der Waals surface area (Å²) in [5.41, 5.74) is 7.05. The van der Waals surface area contributed by atoms with Gasteiger partial charge in [0.15, 0.2) is 0 Å². The molecule has 2 N–H and O–H groups in total. The van der Waals surface area contributed by atoms with Gasteiger partial charge in [0.05, 0.1) is 12.8 Å². The van der Waals surface area contributed by atoms with Crippen LogP contribution < -0.4 is 5.73 Å². The summed E-state index contributed by atoms with van der Waals surface area (Å²) in [6.07, 6.45) is 1.68. The number of carbonyl (C=O) groups is 2. The second kappa shape index (κ2) is 6.57. The molecule has 3 heterocycles. The standard InChI is InChI=1S/C12H14N4O3S3/c1-2-19-12(18)9-6(4-20-7-3-14-15-22-7)5-21-11-8(13)10(17)16(9)11/h3,8,11H,2,4-5,13H2,1H3/t8?,11-/m0/s1. The molecule has 1 aromatic heterocycles. The van der Waals surface area contributed by atoms with E-state index in [1.54, 1.807) is 36.6 Å². The van der Waals surface area contributed by atoms with Crippen LogP contribution in [0.4, 0.5) is 0 Å². The Morgan fingerprint density at radius 2 is 2.45 bits per heavy atom. The topological polar surface area (TPSA) is 98.4 Å². The third kappa shape index (κ3) is 2.75. The lowest BCUT2D eigenvalue weighted by atomic mass is 10.0. The zero-order chi connectivity index (χ0) is 15.7. The molecule has 2 atom stereocenters. The third-order valence-corrected chi connectivity index (χ3v) is 6.57. The fourth-order valence-corrected chi connectivity index (χ4v) is 5.11. The van der Waals surface area contributed by atoms with E-state index in [2.05, 4.69) is 9.59 Å². The fourth-order valence-electron chi connectivity index (χ4n) is 2.26. The molecule has 1 unspecified atom stereocenters. The van der Waals surface area contributed by atoms with Gasteiger partial charge in [-0.05, 0) is 24.0 Å². The maximum Gasteiger partial charge on any atom is 0.355 e. The zero-order valence-corrected chi connectivity index (χ0v) is 14.2. The van der Waals surface area contributed by atoms with E-state index in [1.807, 2.05) is 0 Å². The van der Waals surface area contributed by atoms with Crippen LogP contribution in [0.15, 0.2) is 21.7 Å². The predicted octanol–water partition coefficient (Wildman–Crippen LogP) is 0.690. The summed E-state index contributed by atoms with van der Waals surface area (Å²) < 4.78 is 9.89. The maximum absolute atomic E-state index is 12.3. The average Bonchev–Trinajstić information content (AvgIpc) is 3.04. The Morgan fingerprint density at radius 3 is 3.14 bits per heavy atom. The van der Waals surface area contributed by atoms with Gasteiger partial charge in [-0.2, -0.15) is 0 Å². The second-order valence-electron chi connectivity index (χ2n) is 4.63. The number of esters is 1. The van der Waals surface area contributed by atoms with E-state index in [0.717, 1.165) is 9.78 Å². The molecular formula is C12H14N4O3S3. The lowest BCUT2D eigenvalue weighted by Gasteiger charge is -2.48. The minimum Gasteiger partial charge on any atom is -0.461 e. The predicted molar refractivity (Wildman–Crippen MR) is 85.4 cm³/mol. The van der Waals surface area contributed by atoms with Gasteiger partial charge in [-0.25, -0.2) is 4.79 Å². The summed E-state index contributed by atoms with van der Waals surface area (Å²) in [5, 5.41) is 3.62. The highest BCUT2D eigenvalue weighted by atomic mass is 32.2. The molecule has 22 heavy (non-hydrogen) atoms. The first-order chi connectivity index (χ1) is 10.6. The van der Waals surface area contributed by atoms with Gasteiger partial charge >= 0.3 is 5.97 Å². The zero-order valence-electron chi connectivity index (χ0n) is 11.7. The lowest BCUT2D eigenvalue weighted by molar-refractivity contribution is -0.150. The molecule has 0 aliphatic carbocycles. The van der Waals surface area contributed by atoms with Crippen molar-refractivity contribution in [1.29, 1.82) is 0 Å². The first-order valence-electron chi connectivity index (χ1n) is 6.63. The number of hydrogen-bond donors (Lipinski definition) is 1. The maximum atomic E-state index is 12.3. The van der Waals surface area contributed by atoms with Crippen molar-refractivity contribution < 1.29 is 14.3 Å². The van der Waals surface area contributed by atoms with Crippen LogP contribution in [0.5, 0.6) is 0 Å². The number of fused-ring (bicyclic) bond motifs is 1. The molecule has 1 saturated heterocycles. The minimum absolute atomic E-state index is 0.161. The summed E-state index contributed by atoms with van der Waals surface area (Å²) in [6, 6.07) is -0.533. The molecule has 3 rings (SSSR count). The molecule has 10 heteroatoms. The SMILES string of the molecule is CCOC(=O)C1=C(CSc2cnns2)CS[C@H]2C(N)C(=O)N12. The molecule has 0 spiro atoms. The summed E-state index contributed by atoms with van der Waals surface area (Å²) >= 11 is 4.43. The molecule has 0 aromatic carbocycles. The molecule has 118 valence electrons. The number of aromatic nitrogens is 2. The first-order valence-corrected chi connectivity index (χ1v) is 9.43. The van der Waals surface area contributed by atoms with Gasteiger partial charge in [0.25, 0.3) is 0 Å². The van der Waals surface area contributed by atoms with E-state index in [0.29, 0.717) is 17.2 Å². The van der Waals surface area contributed by atoms with Crippen molar-refractivity contribution in [3.05, 3.63) is 17.5 Å². The minimum atomic E-state index is -0.533. The van der Waals surface area contributed by atoms with Crippen molar-refractivity contribution in [3.63, 3.8) is 0 Å². The molecule has 1 fully saturated rings. The summed E-state index contributed by atoms with van der Waals surface area (Å²) in [7, 11) is 0. The fraction of sp³-hybridized carbons (Fsp3) is 0.500. The molecular weight excluding hydrogens is 344 g/mol. The van der Waals surface area contributed by atoms with Gasteiger partial charge in [-0.15, -0.1) is 28.6 Å². The second-order valence-corrected chi connectivity index (χ2v) is 7.80. The Balaban J connectivity index is 1.84. The Bertz CT molecular complexity index is 619. The van der Waals surface area contributed by atoms with Crippen LogP contribution in [0.2, 0.25) is 0 Å². The number of thioether (sulfide) groups is 2. The molecule has 2 aliphatic rings. The molecule has 0 radical (unpaired) electrons. The van der Waals surface area contributed by atoms with E-state index >= 15 is 0 Å². The number of nitrogens with zero attached hydrogens (tertiary/aromatic N) is 3. The Labute approximate surface area is 139 Å². The highest BCUT2D eigenvalue weighted by Gasteiger charge is 2.51. The van der Waals surface area contributed by atoms with Crippen molar-refractivity contribution in [2.45, 2.75) is 22.5 Å². The van der Waals surface area contributed by atoms with Crippen LogP contribution in [0.25, 0.3) is 0 Å². The summed E-state index contributed by atoms with van der Waals surface area (Å²) in [6.45, 7) is 2.02. The van der Waals surface area contributed by atoms with E-state index in [1.165, 1.54) is 16.4 Å². The van der Waals surface area contributed by atoms with Crippen molar-refractivity contribution in [3.8, 4) is 0 Å². The Kier molecular flexibility index (Phi) is 4.71. The van der Waals surface area contributed by atoms with Gasteiger partial charge in [0.1, 0.15) is 21.3 Å². The van der Waals surface area contributed by atoms with Gasteiger partial charge in [-0.3, -0.25) is 9.69 Å². The average molecular weight is 358 g/mol. The molecule has 1 aromatic rings. The monoisotopic (exact) mass is 358 g/mol. The van der Waals surface area contributed by atoms with Crippen molar-refractivity contribution in [2.75, 3.05) is 18.1 Å². The van der Waals surface area contributed by atoms with Gasteiger partial charge in [0, 0.05) is 11.5 Å². The molecule has 0 saturated carbocycles. The van der Waals surface area contributed by atoms with E-state index in [-0.39, 0.29) is 17.9 Å².